The summed E-state index contributed by atoms with van der Waals surface area (Å²) in [6.07, 6.45) is 1.78. The molecule has 0 saturated carbocycles. The highest BCUT2D eigenvalue weighted by Gasteiger charge is 2.29. The maximum absolute atomic E-state index is 13.1. The third-order valence-corrected chi connectivity index (χ3v) is 5.46. The lowest BCUT2D eigenvalue weighted by Gasteiger charge is -2.27. The molecule has 27 heavy (non-hydrogen) atoms. The van der Waals surface area contributed by atoms with Crippen LogP contribution in [0.25, 0.3) is 10.9 Å². The number of fused-ring (bicyclic) bond motifs is 2. The molecule has 1 aliphatic rings. The monoisotopic (exact) mass is 378 g/mol. The molecule has 4 rings (SSSR count). The van der Waals surface area contributed by atoms with E-state index in [-0.39, 0.29) is 30.0 Å². The van der Waals surface area contributed by atoms with Crippen molar-refractivity contribution in [3.63, 3.8) is 0 Å². The Bertz CT molecular complexity index is 1020. The highest BCUT2D eigenvalue weighted by Crippen LogP contribution is 2.32. The largest absolute Gasteiger partial charge is 0.324 e. The van der Waals surface area contributed by atoms with Crippen LogP contribution in [0.5, 0.6) is 0 Å². The molecular formula is C20H18N4O2S. The maximum atomic E-state index is 13.1. The van der Waals surface area contributed by atoms with Gasteiger partial charge in [0.05, 0.1) is 22.6 Å². The second-order valence-corrected chi connectivity index (χ2v) is 7.33. The first-order valence-corrected chi connectivity index (χ1v) is 9.65. The Morgan fingerprint density at radius 3 is 2.85 bits per heavy atom. The predicted molar refractivity (Wildman–Crippen MR) is 107 cm³/mol. The Morgan fingerprint density at radius 1 is 1.19 bits per heavy atom. The number of nitrogens with zero attached hydrogens (tertiary/aromatic N) is 3. The fraction of sp³-hybridized carbons (Fsp3) is 0.200. The van der Waals surface area contributed by atoms with E-state index in [4.69, 9.17) is 0 Å². The predicted octanol–water partition coefficient (Wildman–Crippen LogP) is 3.49. The van der Waals surface area contributed by atoms with E-state index in [9.17, 15) is 9.59 Å². The van der Waals surface area contributed by atoms with E-state index < -0.39 is 0 Å². The third-order valence-electron chi connectivity index (χ3n) is 4.47. The first-order chi connectivity index (χ1) is 13.1. The zero-order chi connectivity index (χ0) is 18.8. The van der Waals surface area contributed by atoms with E-state index >= 15 is 0 Å². The normalized spacial score (nSPS) is 16.6. The number of hydrogen-bond acceptors (Lipinski definition) is 5. The molecule has 136 valence electrons. The van der Waals surface area contributed by atoms with Gasteiger partial charge in [0.2, 0.25) is 11.8 Å². The van der Waals surface area contributed by atoms with Gasteiger partial charge < -0.3 is 10.2 Å². The van der Waals surface area contributed by atoms with Gasteiger partial charge in [-0.3, -0.25) is 9.59 Å². The number of benzene rings is 2. The average molecular weight is 378 g/mol. The minimum Gasteiger partial charge on any atom is -0.324 e. The number of nitrogens with one attached hydrogen (secondary N) is 1. The summed E-state index contributed by atoms with van der Waals surface area (Å²) in [5.74, 6) is 0.0901. The van der Waals surface area contributed by atoms with Gasteiger partial charge in [-0.05, 0) is 25.1 Å². The van der Waals surface area contributed by atoms with E-state index in [0.717, 1.165) is 21.6 Å². The van der Waals surface area contributed by atoms with Gasteiger partial charge in [-0.25, -0.2) is 9.97 Å². The summed E-state index contributed by atoms with van der Waals surface area (Å²) in [6, 6.07) is 14.9. The Hall–Kier alpha value is -2.93. The van der Waals surface area contributed by atoms with Crippen LogP contribution in [0.15, 0.2) is 59.9 Å². The minimum absolute atomic E-state index is 0.0563. The molecule has 1 aliphatic heterocycles. The number of rotatable bonds is 3. The van der Waals surface area contributed by atoms with Crippen LogP contribution >= 0.6 is 11.8 Å². The van der Waals surface area contributed by atoms with Crippen LogP contribution in [0.3, 0.4) is 0 Å². The van der Waals surface area contributed by atoms with E-state index in [1.807, 2.05) is 55.5 Å². The lowest BCUT2D eigenvalue weighted by Crippen LogP contribution is -2.40. The van der Waals surface area contributed by atoms with E-state index in [2.05, 4.69) is 15.3 Å². The number of hydrogen-bond donors (Lipinski definition) is 1. The molecule has 0 aliphatic carbocycles. The van der Waals surface area contributed by atoms with Crippen molar-refractivity contribution in [1.29, 1.82) is 0 Å². The van der Waals surface area contributed by atoms with Crippen molar-refractivity contribution < 1.29 is 9.59 Å². The summed E-state index contributed by atoms with van der Waals surface area (Å²) in [5, 5.41) is 4.58. The zero-order valence-corrected chi connectivity index (χ0v) is 15.6. The second-order valence-electron chi connectivity index (χ2n) is 6.37. The van der Waals surface area contributed by atoms with Gasteiger partial charge >= 0.3 is 0 Å². The quantitative estimate of drug-likeness (QED) is 0.558. The number of amides is 2. The first kappa shape index (κ1) is 17.5. The second kappa shape index (κ2) is 7.36. The van der Waals surface area contributed by atoms with Crippen molar-refractivity contribution in [2.24, 2.45) is 0 Å². The minimum atomic E-state index is -0.219. The van der Waals surface area contributed by atoms with Crippen molar-refractivity contribution in [3.8, 4) is 0 Å². The molecule has 0 saturated heterocycles. The highest BCUT2D eigenvalue weighted by molar-refractivity contribution is 8.00. The average Bonchev–Trinajstić information content (AvgIpc) is 2.80. The SMILES string of the molecule is C[C@H]1CC(=O)Nc2ccccc2N1C(=O)CSc1ncnc2ccccc12. The molecule has 6 nitrogen and oxygen atoms in total. The summed E-state index contributed by atoms with van der Waals surface area (Å²) < 4.78 is 0. The van der Waals surface area contributed by atoms with Crippen LogP contribution in [-0.2, 0) is 9.59 Å². The summed E-state index contributed by atoms with van der Waals surface area (Å²) in [6.45, 7) is 1.89. The Morgan fingerprint density at radius 2 is 1.96 bits per heavy atom. The van der Waals surface area contributed by atoms with Gasteiger partial charge in [-0.15, -0.1) is 0 Å². The Kier molecular flexibility index (Phi) is 4.77. The number of para-hydroxylation sites is 3. The lowest BCUT2D eigenvalue weighted by molar-refractivity contribution is -0.117. The standard InChI is InChI=1S/C20H18N4O2S/c1-13-10-18(25)23-16-8-4-5-9-17(16)24(13)19(26)11-27-20-14-6-2-3-7-15(14)21-12-22-20/h2-9,12-13H,10-11H2,1H3,(H,23,25)/t13-/m0/s1. The van der Waals surface area contributed by atoms with E-state index in [1.165, 1.54) is 18.1 Å². The van der Waals surface area contributed by atoms with Crippen LogP contribution in [0.2, 0.25) is 0 Å². The highest BCUT2D eigenvalue weighted by atomic mass is 32.2. The van der Waals surface area contributed by atoms with E-state index in [1.54, 1.807) is 4.90 Å². The molecule has 2 amide bonds. The number of carbonyl (C=O) groups excluding carboxylic acids is 2. The fourth-order valence-electron chi connectivity index (χ4n) is 3.26. The molecule has 0 radical (unpaired) electrons. The Balaban J connectivity index is 1.59. The van der Waals surface area contributed by atoms with Crippen LogP contribution in [0.1, 0.15) is 13.3 Å². The molecule has 3 aromatic rings. The maximum Gasteiger partial charge on any atom is 0.237 e. The molecule has 0 bridgehead atoms. The summed E-state index contributed by atoms with van der Waals surface area (Å²) in [5.41, 5.74) is 2.25. The van der Waals surface area contributed by atoms with Crippen molar-refractivity contribution >= 4 is 45.9 Å². The first-order valence-electron chi connectivity index (χ1n) is 8.67. The van der Waals surface area contributed by atoms with Crippen molar-refractivity contribution in [2.45, 2.75) is 24.4 Å². The lowest BCUT2D eigenvalue weighted by atomic mass is 10.2. The number of anilines is 2. The number of carbonyl (C=O) groups is 2. The molecule has 1 N–H and O–H groups in total. The summed E-state index contributed by atoms with van der Waals surface area (Å²) in [7, 11) is 0. The topological polar surface area (TPSA) is 75.2 Å². The molecule has 0 spiro atoms. The van der Waals surface area contributed by atoms with Gasteiger partial charge in [0.25, 0.3) is 0 Å². The smallest absolute Gasteiger partial charge is 0.237 e. The molecule has 2 heterocycles. The van der Waals surface area contributed by atoms with Gasteiger partial charge in [0.15, 0.2) is 0 Å². The van der Waals surface area contributed by atoms with Crippen LogP contribution < -0.4 is 10.2 Å². The number of thioether (sulfide) groups is 1. The molecular weight excluding hydrogens is 360 g/mol. The third kappa shape index (κ3) is 3.50. The Labute approximate surface area is 161 Å². The van der Waals surface area contributed by atoms with Crippen LogP contribution in [-0.4, -0.2) is 33.6 Å². The van der Waals surface area contributed by atoms with Gasteiger partial charge in [-0.1, -0.05) is 42.1 Å². The fourth-order valence-corrected chi connectivity index (χ4v) is 4.11. The van der Waals surface area contributed by atoms with Crippen molar-refractivity contribution in [1.82, 2.24) is 9.97 Å². The molecule has 7 heteroatoms. The zero-order valence-electron chi connectivity index (χ0n) is 14.8. The molecule has 2 aromatic carbocycles. The van der Waals surface area contributed by atoms with Crippen LogP contribution in [0.4, 0.5) is 11.4 Å². The van der Waals surface area contributed by atoms with Crippen LogP contribution in [0, 0.1) is 0 Å². The van der Waals surface area contributed by atoms with Gasteiger partial charge in [-0.2, -0.15) is 0 Å². The summed E-state index contributed by atoms with van der Waals surface area (Å²) >= 11 is 1.39. The van der Waals surface area contributed by atoms with Gasteiger partial charge in [0.1, 0.15) is 11.4 Å². The van der Waals surface area contributed by atoms with Crippen molar-refractivity contribution in [2.75, 3.05) is 16.0 Å². The molecule has 1 atom stereocenters. The molecule has 1 aromatic heterocycles. The van der Waals surface area contributed by atoms with Gasteiger partial charge in [0, 0.05) is 17.8 Å². The number of aromatic nitrogens is 2. The molecule has 0 fully saturated rings. The molecule has 0 unspecified atom stereocenters. The van der Waals surface area contributed by atoms with Crippen molar-refractivity contribution in [3.05, 3.63) is 54.9 Å². The van der Waals surface area contributed by atoms with E-state index in [0.29, 0.717) is 5.69 Å². The summed E-state index contributed by atoms with van der Waals surface area (Å²) in [4.78, 5) is 35.4.